The van der Waals surface area contributed by atoms with Gasteiger partial charge in [0.2, 0.25) is 0 Å². The number of benzene rings is 1. The Morgan fingerprint density at radius 3 is 2.65 bits per heavy atom. The molecule has 0 amide bonds. The van der Waals surface area contributed by atoms with Crippen molar-refractivity contribution in [3.8, 4) is 0 Å². The van der Waals surface area contributed by atoms with Crippen molar-refractivity contribution in [3.63, 3.8) is 0 Å². The van der Waals surface area contributed by atoms with Gasteiger partial charge in [0.25, 0.3) is 0 Å². The molecule has 2 rings (SSSR count). The third-order valence-corrected chi connectivity index (χ3v) is 3.80. The van der Waals surface area contributed by atoms with Gasteiger partial charge in [0, 0.05) is 16.2 Å². The number of hydrogen-bond donors (Lipinski definition) is 0. The summed E-state index contributed by atoms with van der Waals surface area (Å²) in [6.45, 7) is 0. The summed E-state index contributed by atoms with van der Waals surface area (Å²) in [4.78, 5) is 16.1. The number of thioether (sulfide) groups is 1. The van der Waals surface area contributed by atoms with Crippen LogP contribution >= 0.6 is 27.7 Å². The molecule has 1 aromatic carbocycles. The fourth-order valence-electron chi connectivity index (χ4n) is 1.34. The van der Waals surface area contributed by atoms with Crippen molar-refractivity contribution < 1.29 is 4.79 Å². The standard InChI is InChI=1S/C13H10BrNOS/c14-11-6-2-1-5-10(11)12(16)9-17-13-7-3-4-8-15-13/h1-8H,9H2. The van der Waals surface area contributed by atoms with Crippen LogP contribution in [0.4, 0.5) is 0 Å². The summed E-state index contributed by atoms with van der Waals surface area (Å²) in [5.74, 6) is 0.507. The molecule has 0 radical (unpaired) electrons. The number of pyridine rings is 1. The van der Waals surface area contributed by atoms with Gasteiger partial charge in [0.15, 0.2) is 5.78 Å². The van der Waals surface area contributed by atoms with E-state index in [1.807, 2.05) is 42.5 Å². The maximum atomic E-state index is 12.0. The van der Waals surface area contributed by atoms with Crippen molar-refractivity contribution >= 4 is 33.5 Å². The highest BCUT2D eigenvalue weighted by molar-refractivity contribution is 9.10. The second-order valence-corrected chi connectivity index (χ2v) is 5.21. The Labute approximate surface area is 113 Å². The van der Waals surface area contributed by atoms with Crippen molar-refractivity contribution in [2.24, 2.45) is 0 Å². The van der Waals surface area contributed by atoms with E-state index >= 15 is 0 Å². The van der Waals surface area contributed by atoms with Gasteiger partial charge in [-0.1, -0.05) is 52.0 Å². The Bertz CT molecular complexity index is 516. The van der Waals surface area contributed by atoms with Crippen molar-refractivity contribution in [3.05, 3.63) is 58.7 Å². The van der Waals surface area contributed by atoms with E-state index in [9.17, 15) is 4.79 Å². The lowest BCUT2D eigenvalue weighted by Crippen LogP contribution is -2.03. The lowest BCUT2D eigenvalue weighted by Gasteiger charge is -2.02. The summed E-state index contributed by atoms with van der Waals surface area (Å²) in [5.41, 5.74) is 0.718. The van der Waals surface area contributed by atoms with Gasteiger partial charge in [0.1, 0.15) is 0 Å². The molecule has 0 aliphatic heterocycles. The number of carbonyl (C=O) groups is 1. The summed E-state index contributed by atoms with van der Waals surface area (Å²) in [7, 11) is 0. The van der Waals surface area contributed by atoms with Crippen LogP contribution in [-0.2, 0) is 0 Å². The van der Waals surface area contributed by atoms with Crippen LogP contribution in [0.25, 0.3) is 0 Å². The zero-order chi connectivity index (χ0) is 12.1. The van der Waals surface area contributed by atoms with E-state index in [0.29, 0.717) is 5.75 Å². The predicted octanol–water partition coefficient (Wildman–Crippen LogP) is 3.82. The Hall–Kier alpha value is -1.13. The van der Waals surface area contributed by atoms with Gasteiger partial charge >= 0.3 is 0 Å². The molecule has 0 unspecified atom stereocenters. The van der Waals surface area contributed by atoms with Crippen LogP contribution in [0.3, 0.4) is 0 Å². The van der Waals surface area contributed by atoms with E-state index in [2.05, 4.69) is 20.9 Å². The molecule has 0 aliphatic carbocycles. The first-order valence-electron chi connectivity index (χ1n) is 5.09. The molecule has 2 nitrogen and oxygen atoms in total. The smallest absolute Gasteiger partial charge is 0.174 e. The molecule has 0 bridgehead atoms. The molecule has 0 saturated heterocycles. The fraction of sp³-hybridized carbons (Fsp3) is 0.0769. The van der Waals surface area contributed by atoms with Crippen LogP contribution in [0, 0.1) is 0 Å². The molecule has 0 atom stereocenters. The molecular formula is C13H10BrNOS. The van der Waals surface area contributed by atoms with Gasteiger partial charge in [-0.25, -0.2) is 4.98 Å². The lowest BCUT2D eigenvalue weighted by atomic mass is 10.1. The molecule has 4 heteroatoms. The topological polar surface area (TPSA) is 30.0 Å². The Balaban J connectivity index is 2.01. The van der Waals surface area contributed by atoms with E-state index in [0.717, 1.165) is 15.1 Å². The molecule has 17 heavy (non-hydrogen) atoms. The van der Waals surface area contributed by atoms with Gasteiger partial charge in [0.05, 0.1) is 10.8 Å². The van der Waals surface area contributed by atoms with E-state index < -0.39 is 0 Å². The summed E-state index contributed by atoms with van der Waals surface area (Å²) in [5, 5.41) is 0.868. The first kappa shape index (κ1) is 12.3. The molecule has 86 valence electrons. The third-order valence-electron chi connectivity index (χ3n) is 2.16. The fourth-order valence-corrected chi connectivity index (χ4v) is 2.59. The minimum absolute atomic E-state index is 0.105. The quantitative estimate of drug-likeness (QED) is 0.635. The minimum Gasteiger partial charge on any atom is -0.293 e. The van der Waals surface area contributed by atoms with E-state index in [1.165, 1.54) is 11.8 Å². The van der Waals surface area contributed by atoms with Crippen molar-refractivity contribution in [1.82, 2.24) is 4.98 Å². The lowest BCUT2D eigenvalue weighted by molar-refractivity contribution is 0.102. The molecule has 2 aromatic rings. The first-order chi connectivity index (χ1) is 8.27. The Kier molecular flexibility index (Phi) is 4.34. The first-order valence-corrected chi connectivity index (χ1v) is 6.87. The van der Waals surface area contributed by atoms with E-state index in [4.69, 9.17) is 0 Å². The summed E-state index contributed by atoms with van der Waals surface area (Å²) in [6, 6.07) is 13.1. The van der Waals surface area contributed by atoms with Crippen LogP contribution < -0.4 is 0 Å². The summed E-state index contributed by atoms with van der Waals surface area (Å²) < 4.78 is 0.839. The van der Waals surface area contributed by atoms with Crippen LogP contribution in [0.5, 0.6) is 0 Å². The van der Waals surface area contributed by atoms with Crippen LogP contribution in [0.15, 0.2) is 58.2 Å². The van der Waals surface area contributed by atoms with Crippen molar-refractivity contribution in [2.45, 2.75) is 5.03 Å². The highest BCUT2D eigenvalue weighted by atomic mass is 79.9. The van der Waals surface area contributed by atoms with Crippen molar-refractivity contribution in [2.75, 3.05) is 5.75 Å². The van der Waals surface area contributed by atoms with Crippen molar-refractivity contribution in [1.29, 1.82) is 0 Å². The van der Waals surface area contributed by atoms with Gasteiger partial charge in [-0.3, -0.25) is 4.79 Å². The number of hydrogen-bond acceptors (Lipinski definition) is 3. The van der Waals surface area contributed by atoms with Gasteiger partial charge < -0.3 is 0 Å². The van der Waals surface area contributed by atoms with Crippen LogP contribution in [0.1, 0.15) is 10.4 Å². The number of halogens is 1. The van der Waals surface area contributed by atoms with Gasteiger partial charge in [-0.15, -0.1) is 0 Å². The molecule has 0 fully saturated rings. The highest BCUT2D eigenvalue weighted by Gasteiger charge is 2.09. The average Bonchev–Trinajstić information content (AvgIpc) is 2.38. The average molecular weight is 308 g/mol. The normalized spacial score (nSPS) is 10.2. The Morgan fingerprint density at radius 2 is 1.94 bits per heavy atom. The van der Waals surface area contributed by atoms with Gasteiger partial charge in [-0.2, -0.15) is 0 Å². The molecule has 1 aromatic heterocycles. The predicted molar refractivity (Wildman–Crippen MR) is 73.4 cm³/mol. The maximum Gasteiger partial charge on any atom is 0.174 e. The number of carbonyl (C=O) groups excluding carboxylic acids is 1. The molecule has 1 heterocycles. The number of aromatic nitrogens is 1. The molecule has 0 saturated carbocycles. The second kappa shape index (κ2) is 5.98. The zero-order valence-corrected chi connectivity index (χ0v) is 11.4. The van der Waals surface area contributed by atoms with Crippen LogP contribution in [0.2, 0.25) is 0 Å². The number of rotatable bonds is 4. The monoisotopic (exact) mass is 307 g/mol. The number of Topliss-reactive ketones (excluding diaryl/α,β-unsaturated/α-hetero) is 1. The molecule has 0 N–H and O–H groups in total. The highest BCUT2D eigenvalue weighted by Crippen LogP contribution is 2.20. The largest absolute Gasteiger partial charge is 0.293 e. The van der Waals surface area contributed by atoms with Crippen LogP contribution in [-0.4, -0.2) is 16.5 Å². The SMILES string of the molecule is O=C(CSc1ccccn1)c1ccccc1Br. The van der Waals surface area contributed by atoms with Gasteiger partial charge in [-0.05, 0) is 18.2 Å². The molecular weight excluding hydrogens is 298 g/mol. The number of nitrogens with zero attached hydrogens (tertiary/aromatic N) is 1. The summed E-state index contributed by atoms with van der Waals surface area (Å²) >= 11 is 4.83. The Morgan fingerprint density at radius 1 is 1.18 bits per heavy atom. The second-order valence-electron chi connectivity index (χ2n) is 3.36. The zero-order valence-electron chi connectivity index (χ0n) is 8.97. The van der Waals surface area contributed by atoms with E-state index in [1.54, 1.807) is 6.20 Å². The molecule has 0 spiro atoms. The maximum absolute atomic E-state index is 12.0. The van der Waals surface area contributed by atoms with E-state index in [-0.39, 0.29) is 5.78 Å². The minimum atomic E-state index is 0.105. The third kappa shape index (κ3) is 3.41. The molecule has 0 aliphatic rings. The number of ketones is 1. The summed E-state index contributed by atoms with van der Waals surface area (Å²) in [6.07, 6.45) is 1.73.